The molecule has 1 fully saturated rings. The van der Waals surface area contributed by atoms with Gasteiger partial charge in [-0.25, -0.2) is 0 Å². The molecule has 0 aliphatic heterocycles. The topological polar surface area (TPSA) is 17.1 Å². The summed E-state index contributed by atoms with van der Waals surface area (Å²) in [6.45, 7) is 1.86. The highest BCUT2D eigenvalue weighted by Crippen LogP contribution is 2.39. The van der Waals surface area contributed by atoms with E-state index in [-0.39, 0.29) is 5.43 Å². The highest BCUT2D eigenvalue weighted by Gasteiger charge is 2.22. The summed E-state index contributed by atoms with van der Waals surface area (Å²) in [6, 6.07) is 7.65. The van der Waals surface area contributed by atoms with Gasteiger partial charge in [-0.05, 0) is 42.9 Å². The van der Waals surface area contributed by atoms with E-state index in [1.807, 2.05) is 19.1 Å². The van der Waals surface area contributed by atoms with Crippen molar-refractivity contribution < 1.29 is 0 Å². The summed E-state index contributed by atoms with van der Waals surface area (Å²) in [7, 11) is 0. The molecule has 0 heterocycles. The number of hydrogen-bond acceptors (Lipinski definition) is 1. The number of aryl methyl sites for hydroxylation is 1. The molecular formula is C11H12O. The van der Waals surface area contributed by atoms with Crippen LogP contribution in [0.2, 0.25) is 0 Å². The van der Waals surface area contributed by atoms with Gasteiger partial charge in [-0.3, -0.25) is 4.79 Å². The number of rotatable bonds is 1. The molecule has 2 rings (SSSR count). The molecule has 1 saturated carbocycles. The molecule has 0 saturated heterocycles. The molecule has 0 spiro atoms. The molecule has 0 bridgehead atoms. The molecule has 0 radical (unpaired) electrons. The van der Waals surface area contributed by atoms with Gasteiger partial charge in [-0.15, -0.1) is 0 Å². The van der Waals surface area contributed by atoms with E-state index in [2.05, 4.69) is 6.07 Å². The van der Waals surface area contributed by atoms with E-state index in [4.69, 9.17) is 0 Å². The van der Waals surface area contributed by atoms with Gasteiger partial charge in [0.1, 0.15) is 0 Å². The minimum atomic E-state index is 0.141. The van der Waals surface area contributed by atoms with Crippen LogP contribution in [-0.2, 0) is 0 Å². The lowest BCUT2D eigenvalue weighted by Crippen LogP contribution is -1.96. The third kappa shape index (κ3) is 1.40. The van der Waals surface area contributed by atoms with Gasteiger partial charge < -0.3 is 0 Å². The summed E-state index contributed by atoms with van der Waals surface area (Å²) in [6.07, 6.45) is 2.58. The Labute approximate surface area is 72.1 Å². The molecule has 0 N–H and O–H groups in total. The Hall–Kier alpha value is -1.11. The van der Waals surface area contributed by atoms with Crippen molar-refractivity contribution in [2.24, 2.45) is 0 Å². The standard InChI is InChI=1S/C11H12O/c1-8-2-3-9(10-4-5-10)6-7-11(8)12/h2-3,6-7,10H,4-5H2,1H3. The van der Waals surface area contributed by atoms with E-state index < -0.39 is 0 Å². The molecule has 1 aromatic rings. The minimum absolute atomic E-state index is 0.141. The van der Waals surface area contributed by atoms with Crippen LogP contribution in [0.5, 0.6) is 0 Å². The molecule has 0 amide bonds. The van der Waals surface area contributed by atoms with Crippen molar-refractivity contribution in [2.75, 3.05) is 0 Å². The lowest BCUT2D eigenvalue weighted by atomic mass is 10.2. The molecule has 0 aromatic heterocycles. The molecule has 1 heteroatoms. The normalized spacial score (nSPS) is 16.1. The lowest BCUT2D eigenvalue weighted by Gasteiger charge is -1.87. The van der Waals surface area contributed by atoms with Gasteiger partial charge >= 0.3 is 0 Å². The Bertz CT molecular complexity index is 350. The molecule has 1 aliphatic rings. The van der Waals surface area contributed by atoms with E-state index >= 15 is 0 Å². The van der Waals surface area contributed by atoms with Crippen molar-refractivity contribution >= 4 is 0 Å². The van der Waals surface area contributed by atoms with Crippen LogP contribution in [0.25, 0.3) is 0 Å². The van der Waals surface area contributed by atoms with Crippen molar-refractivity contribution in [2.45, 2.75) is 25.7 Å². The van der Waals surface area contributed by atoms with Gasteiger partial charge in [-0.2, -0.15) is 0 Å². The Balaban J connectivity index is 2.49. The Morgan fingerprint density at radius 2 is 1.83 bits per heavy atom. The highest BCUT2D eigenvalue weighted by atomic mass is 16.1. The highest BCUT2D eigenvalue weighted by molar-refractivity contribution is 5.25. The summed E-state index contributed by atoms with van der Waals surface area (Å²) in [5, 5.41) is 0. The molecule has 1 aliphatic carbocycles. The van der Waals surface area contributed by atoms with Gasteiger partial charge in [0.05, 0.1) is 0 Å². The predicted molar refractivity (Wildman–Crippen MR) is 49.4 cm³/mol. The second kappa shape index (κ2) is 2.74. The van der Waals surface area contributed by atoms with Crippen LogP contribution in [0.15, 0.2) is 29.1 Å². The fraction of sp³-hybridized carbons (Fsp3) is 0.364. The van der Waals surface area contributed by atoms with E-state index in [0.29, 0.717) is 0 Å². The SMILES string of the molecule is Cc1ccc(C2CC2)ccc1=O. The first-order valence-electron chi connectivity index (χ1n) is 4.38. The van der Waals surface area contributed by atoms with Gasteiger partial charge in [0.2, 0.25) is 0 Å². The van der Waals surface area contributed by atoms with Crippen molar-refractivity contribution in [3.63, 3.8) is 0 Å². The zero-order chi connectivity index (χ0) is 8.55. The maximum Gasteiger partial charge on any atom is 0.181 e. The van der Waals surface area contributed by atoms with Gasteiger partial charge in [0, 0.05) is 0 Å². The molecule has 0 atom stereocenters. The molecule has 12 heavy (non-hydrogen) atoms. The molecule has 0 unspecified atom stereocenters. The lowest BCUT2D eigenvalue weighted by molar-refractivity contribution is 1.14. The molecule has 1 nitrogen and oxygen atoms in total. The third-order valence-electron chi connectivity index (χ3n) is 2.39. The molecular weight excluding hydrogens is 148 g/mol. The summed E-state index contributed by atoms with van der Waals surface area (Å²) >= 11 is 0. The summed E-state index contributed by atoms with van der Waals surface area (Å²) in [4.78, 5) is 11.2. The quantitative estimate of drug-likeness (QED) is 0.615. The zero-order valence-electron chi connectivity index (χ0n) is 7.21. The van der Waals surface area contributed by atoms with Crippen molar-refractivity contribution in [3.8, 4) is 0 Å². The Morgan fingerprint density at radius 3 is 2.50 bits per heavy atom. The van der Waals surface area contributed by atoms with Gasteiger partial charge in [0.25, 0.3) is 0 Å². The fourth-order valence-electron chi connectivity index (χ4n) is 1.35. The first-order chi connectivity index (χ1) is 5.77. The Morgan fingerprint density at radius 1 is 1.17 bits per heavy atom. The number of hydrogen-bond donors (Lipinski definition) is 0. The van der Waals surface area contributed by atoms with E-state index in [1.54, 1.807) is 6.07 Å². The summed E-state index contributed by atoms with van der Waals surface area (Å²) < 4.78 is 0. The monoisotopic (exact) mass is 160 g/mol. The second-order valence-corrected chi connectivity index (χ2v) is 3.49. The van der Waals surface area contributed by atoms with Crippen LogP contribution < -0.4 is 5.43 Å². The first-order valence-corrected chi connectivity index (χ1v) is 4.38. The van der Waals surface area contributed by atoms with Crippen LogP contribution >= 0.6 is 0 Å². The van der Waals surface area contributed by atoms with Gasteiger partial charge in [0.15, 0.2) is 5.43 Å². The zero-order valence-corrected chi connectivity index (χ0v) is 7.21. The minimum Gasteiger partial charge on any atom is -0.290 e. The predicted octanol–water partition coefficient (Wildman–Crippen LogP) is 2.23. The largest absolute Gasteiger partial charge is 0.290 e. The summed E-state index contributed by atoms with van der Waals surface area (Å²) in [5.74, 6) is 0.733. The van der Waals surface area contributed by atoms with Crippen LogP contribution in [0.4, 0.5) is 0 Å². The molecule has 62 valence electrons. The third-order valence-corrected chi connectivity index (χ3v) is 2.39. The van der Waals surface area contributed by atoms with Crippen LogP contribution in [-0.4, -0.2) is 0 Å². The van der Waals surface area contributed by atoms with Crippen LogP contribution in [0.3, 0.4) is 0 Å². The second-order valence-electron chi connectivity index (χ2n) is 3.49. The van der Waals surface area contributed by atoms with Crippen LogP contribution in [0.1, 0.15) is 29.9 Å². The van der Waals surface area contributed by atoms with Crippen molar-refractivity contribution in [1.29, 1.82) is 0 Å². The Kier molecular flexibility index (Phi) is 1.72. The van der Waals surface area contributed by atoms with Gasteiger partial charge in [-0.1, -0.05) is 18.2 Å². The maximum absolute atomic E-state index is 11.2. The average Bonchev–Trinajstić information content (AvgIpc) is 2.84. The van der Waals surface area contributed by atoms with Crippen LogP contribution in [0, 0.1) is 6.92 Å². The van der Waals surface area contributed by atoms with Crippen molar-refractivity contribution in [1.82, 2.24) is 0 Å². The average molecular weight is 160 g/mol. The van der Waals surface area contributed by atoms with E-state index in [0.717, 1.165) is 11.5 Å². The maximum atomic E-state index is 11.2. The van der Waals surface area contributed by atoms with Crippen molar-refractivity contribution in [3.05, 3.63) is 45.6 Å². The molecule has 1 aromatic carbocycles. The first kappa shape index (κ1) is 7.53. The van der Waals surface area contributed by atoms with E-state index in [9.17, 15) is 4.79 Å². The smallest absolute Gasteiger partial charge is 0.181 e. The summed E-state index contributed by atoms with van der Waals surface area (Å²) in [5.41, 5.74) is 2.30. The fourth-order valence-corrected chi connectivity index (χ4v) is 1.35. The van der Waals surface area contributed by atoms with E-state index in [1.165, 1.54) is 18.4 Å².